The number of ether oxygens (including phenoxy) is 3. The summed E-state index contributed by atoms with van der Waals surface area (Å²) in [6.45, 7) is 31.6. The van der Waals surface area contributed by atoms with Gasteiger partial charge < -0.3 is 49.3 Å². The maximum atomic E-state index is 13.5. The molecule has 3 aliphatic heterocycles. The highest BCUT2D eigenvalue weighted by molar-refractivity contribution is 6.88. The molecule has 0 spiro atoms. The van der Waals surface area contributed by atoms with E-state index in [0.29, 0.717) is 0 Å². The quantitative estimate of drug-likeness (QED) is 0.104. The first-order valence-corrected chi connectivity index (χ1v) is 23.4. The lowest BCUT2D eigenvalue weighted by molar-refractivity contribution is -0.182. The van der Waals surface area contributed by atoms with Gasteiger partial charge >= 0.3 is 18.2 Å². The number of furan rings is 1. The van der Waals surface area contributed by atoms with Crippen LogP contribution in [0.15, 0.2) is 28.4 Å². The van der Waals surface area contributed by atoms with Crippen LogP contribution in [0.2, 0.25) is 19.6 Å². The van der Waals surface area contributed by atoms with Gasteiger partial charge in [-0.25, -0.2) is 14.4 Å². The van der Waals surface area contributed by atoms with Crippen molar-refractivity contribution >= 4 is 43.4 Å². The number of hydrogen-bond donors (Lipinski definition) is 4. The molecule has 0 aliphatic carbocycles. The number of likely N-dealkylation sites (tertiary alicyclic amines) is 2. The summed E-state index contributed by atoms with van der Waals surface area (Å²) in [6, 6.07) is 0.142. The summed E-state index contributed by atoms with van der Waals surface area (Å²) in [4.78, 5) is 67.4. The largest absolute Gasteiger partial charge is 0.474 e. The van der Waals surface area contributed by atoms with Gasteiger partial charge in [0, 0.05) is 17.6 Å². The number of β-lactam (4-membered cyclic amide) rings is 2. The Morgan fingerprint density at radius 1 is 0.772 bits per heavy atom. The Labute approximate surface area is 339 Å². The van der Waals surface area contributed by atoms with Crippen molar-refractivity contribution in [1.82, 2.24) is 20.4 Å². The fourth-order valence-electron chi connectivity index (χ4n) is 7.76. The minimum atomic E-state index is -1.89. The molecular formula is C41H68N4O11Si. The van der Waals surface area contributed by atoms with E-state index in [1.54, 1.807) is 72.6 Å². The van der Waals surface area contributed by atoms with E-state index in [0.717, 1.165) is 10.9 Å². The summed E-state index contributed by atoms with van der Waals surface area (Å²) in [6.07, 6.45) is -0.635. The van der Waals surface area contributed by atoms with Gasteiger partial charge in [0.2, 0.25) is 0 Å². The molecule has 4 heterocycles. The molecule has 57 heavy (non-hydrogen) atoms. The number of nitrogens with one attached hydrogen (secondary N) is 2. The first-order valence-electron chi connectivity index (χ1n) is 19.9. The zero-order valence-corrected chi connectivity index (χ0v) is 38.0. The summed E-state index contributed by atoms with van der Waals surface area (Å²) < 4.78 is 21.6. The Morgan fingerprint density at radius 2 is 1.18 bits per heavy atom. The SMILES string of the molecule is CC(C)[C@H](O)[C@]1(NC(=O)OC(C)(C)C)C(=O)N(C(C)C)[C@H]1C1=CCOC1=O.CC(C)[C@H](O)[C@]1(NC(=O)OC(C)(C)C)C(=O)N(C(C)C)[C@H]1c1ccoc1[Si](C)(C)C. The number of hydrogen-bond acceptors (Lipinski definition) is 11. The highest BCUT2D eigenvalue weighted by atomic mass is 28.3. The van der Waals surface area contributed by atoms with Crippen molar-refractivity contribution in [3.63, 3.8) is 0 Å². The predicted molar refractivity (Wildman–Crippen MR) is 217 cm³/mol. The zero-order chi connectivity index (χ0) is 44.0. The molecule has 2 fully saturated rings. The van der Waals surface area contributed by atoms with Crippen LogP contribution in [0.1, 0.15) is 109 Å². The average Bonchev–Trinajstić information content (AvgIpc) is 3.69. The van der Waals surface area contributed by atoms with Gasteiger partial charge in [-0.15, -0.1) is 0 Å². The number of alkyl carbamates (subject to hydrolysis) is 2. The lowest BCUT2D eigenvalue weighted by Crippen LogP contribution is -2.86. The molecule has 6 atom stereocenters. The van der Waals surface area contributed by atoms with Crippen molar-refractivity contribution in [1.29, 1.82) is 0 Å². The second-order valence-electron chi connectivity index (χ2n) is 19.5. The molecule has 0 bridgehead atoms. The molecule has 0 aromatic carbocycles. The van der Waals surface area contributed by atoms with E-state index in [9.17, 15) is 34.2 Å². The molecule has 1 aromatic rings. The first kappa shape index (κ1) is 47.5. The Bertz CT molecular complexity index is 1700. The fraction of sp³-hybridized carbons (Fsp3) is 0.732. The molecule has 3 aliphatic rings. The molecule has 0 saturated carbocycles. The predicted octanol–water partition coefficient (Wildman–Crippen LogP) is 4.77. The summed E-state index contributed by atoms with van der Waals surface area (Å²) in [5.74, 6) is -1.92. The highest BCUT2D eigenvalue weighted by Gasteiger charge is 2.70. The minimum absolute atomic E-state index is 0.102. The number of nitrogens with zero attached hydrogens (tertiary/aromatic N) is 2. The molecule has 1 aromatic heterocycles. The van der Waals surface area contributed by atoms with E-state index in [1.165, 1.54) is 4.90 Å². The van der Waals surface area contributed by atoms with Gasteiger partial charge in [0.15, 0.2) is 11.1 Å². The third kappa shape index (κ3) is 9.38. The highest BCUT2D eigenvalue weighted by Crippen LogP contribution is 2.49. The van der Waals surface area contributed by atoms with Gasteiger partial charge in [-0.3, -0.25) is 9.59 Å². The van der Waals surface area contributed by atoms with E-state index in [2.05, 4.69) is 30.3 Å². The molecular weight excluding hydrogens is 753 g/mol. The minimum Gasteiger partial charge on any atom is -0.474 e. The van der Waals surface area contributed by atoms with Gasteiger partial charge in [-0.1, -0.05) is 47.3 Å². The van der Waals surface area contributed by atoms with Crippen molar-refractivity contribution in [3.8, 4) is 0 Å². The zero-order valence-electron chi connectivity index (χ0n) is 37.0. The third-order valence-electron chi connectivity index (χ3n) is 10.0. The van der Waals surface area contributed by atoms with Crippen LogP contribution in [0.3, 0.4) is 0 Å². The molecule has 15 nitrogen and oxygen atoms in total. The standard InChI is InChI=1S/C22H38N2O5Si.C19H30N2O6/c1-13(2)17(25)22(23-20(27)29-21(5,6)7)16(24(14(3)4)19(22)26)15-11-12-28-18(15)30(8,9)10;1-10(2)14(22)19(20-17(25)27-18(5,6)7)13(12-8-9-26-15(12)23)21(11(3)4)16(19)24/h11-14,16-17,25H,1-10H3,(H,23,27);8,10-11,13-14,22H,9H2,1-7H3,(H,20,25)/t16-,17-,22-;13-,14-,19-/m00/s1. The monoisotopic (exact) mass is 820 g/mol. The second kappa shape index (κ2) is 16.8. The number of aliphatic hydroxyl groups is 2. The fourth-order valence-corrected chi connectivity index (χ4v) is 9.27. The van der Waals surface area contributed by atoms with Crippen LogP contribution in [0.4, 0.5) is 9.59 Å². The number of cyclic esters (lactones) is 1. The van der Waals surface area contributed by atoms with Crippen LogP contribution in [-0.2, 0) is 28.6 Å². The smallest absolute Gasteiger partial charge is 0.408 e. The van der Waals surface area contributed by atoms with E-state index < -0.39 is 78.7 Å². The topological polar surface area (TPSA) is 197 Å². The Balaban J connectivity index is 0.000000307. The number of carbonyl (C=O) groups is 5. The van der Waals surface area contributed by atoms with E-state index in [-0.39, 0.29) is 42.0 Å². The molecule has 16 heteroatoms. The second-order valence-corrected chi connectivity index (χ2v) is 24.5. The number of rotatable bonds is 11. The number of aliphatic hydroxyl groups excluding tert-OH is 2. The number of carbonyl (C=O) groups excluding carboxylic acids is 5. The lowest BCUT2D eigenvalue weighted by Gasteiger charge is -2.60. The summed E-state index contributed by atoms with van der Waals surface area (Å²) >= 11 is 0. The molecule has 2 saturated heterocycles. The van der Waals surface area contributed by atoms with E-state index in [4.69, 9.17) is 18.6 Å². The molecule has 4 N–H and O–H groups in total. The van der Waals surface area contributed by atoms with Crippen molar-refractivity contribution in [2.45, 2.75) is 175 Å². The lowest BCUT2D eigenvalue weighted by atomic mass is 9.67. The van der Waals surface area contributed by atoms with Crippen LogP contribution in [0, 0.1) is 11.8 Å². The van der Waals surface area contributed by atoms with Crippen LogP contribution in [-0.4, -0.2) is 117 Å². The Morgan fingerprint density at radius 3 is 1.51 bits per heavy atom. The molecule has 0 unspecified atom stereocenters. The maximum Gasteiger partial charge on any atom is 0.408 e. The Kier molecular flexibility index (Phi) is 14.0. The van der Waals surface area contributed by atoms with Gasteiger partial charge in [0.1, 0.15) is 25.9 Å². The summed E-state index contributed by atoms with van der Waals surface area (Å²) in [5, 5.41) is 28.4. The molecule has 4 amide bonds. The van der Waals surface area contributed by atoms with Crippen molar-refractivity contribution in [3.05, 3.63) is 29.5 Å². The van der Waals surface area contributed by atoms with E-state index in [1.807, 2.05) is 47.6 Å². The third-order valence-corrected chi connectivity index (χ3v) is 11.8. The molecule has 322 valence electrons. The number of amides is 4. The van der Waals surface area contributed by atoms with Crippen molar-refractivity contribution in [2.75, 3.05) is 6.61 Å². The van der Waals surface area contributed by atoms with Gasteiger partial charge in [-0.05, 0) is 93.2 Å². The first-order chi connectivity index (χ1) is 25.9. The summed E-state index contributed by atoms with van der Waals surface area (Å²) in [5.41, 5.74) is -3.60. The van der Waals surface area contributed by atoms with Crippen LogP contribution >= 0.6 is 0 Å². The van der Waals surface area contributed by atoms with Crippen molar-refractivity contribution in [2.24, 2.45) is 11.8 Å². The van der Waals surface area contributed by atoms with Crippen molar-refractivity contribution < 1.29 is 52.8 Å². The molecule has 4 rings (SSSR count). The molecule has 0 radical (unpaired) electrons. The van der Waals surface area contributed by atoms with Gasteiger partial charge in [-0.2, -0.15) is 0 Å². The summed E-state index contributed by atoms with van der Waals surface area (Å²) in [7, 11) is -1.89. The van der Waals surface area contributed by atoms with E-state index >= 15 is 0 Å². The Hall–Kier alpha value is -3.89. The van der Waals surface area contributed by atoms with Crippen LogP contribution in [0.5, 0.6) is 0 Å². The number of esters is 1. The van der Waals surface area contributed by atoms with Crippen LogP contribution < -0.4 is 16.0 Å². The van der Waals surface area contributed by atoms with Crippen LogP contribution in [0.25, 0.3) is 0 Å². The normalized spacial score (nSPS) is 25.0. The van der Waals surface area contributed by atoms with Gasteiger partial charge in [0.05, 0.1) is 41.5 Å². The van der Waals surface area contributed by atoms with Gasteiger partial charge in [0.25, 0.3) is 11.8 Å². The maximum absolute atomic E-state index is 13.5. The average molecular weight is 821 g/mol.